The van der Waals surface area contributed by atoms with Crippen molar-refractivity contribution in [2.75, 3.05) is 17.8 Å². The molecule has 0 aliphatic carbocycles. The number of hydrogen-bond acceptors (Lipinski definition) is 7. The van der Waals surface area contributed by atoms with Gasteiger partial charge in [-0.1, -0.05) is 32.0 Å². The van der Waals surface area contributed by atoms with Gasteiger partial charge in [0, 0.05) is 23.3 Å². The number of sulfone groups is 1. The molecular weight excluding hydrogens is 370 g/mol. The van der Waals surface area contributed by atoms with E-state index in [0.717, 1.165) is 22.3 Å². The van der Waals surface area contributed by atoms with Gasteiger partial charge >= 0.3 is 0 Å². The van der Waals surface area contributed by atoms with Crippen LogP contribution in [0.2, 0.25) is 0 Å². The van der Waals surface area contributed by atoms with Gasteiger partial charge in [0.25, 0.3) is 5.16 Å². The van der Waals surface area contributed by atoms with Gasteiger partial charge in [0.1, 0.15) is 0 Å². The predicted molar refractivity (Wildman–Crippen MR) is 104 cm³/mol. The monoisotopic (exact) mass is 391 g/mol. The molecule has 3 rings (SSSR count). The van der Waals surface area contributed by atoms with Crippen molar-refractivity contribution in [3.8, 4) is 0 Å². The summed E-state index contributed by atoms with van der Waals surface area (Å²) in [5.41, 5.74) is 2.49. The average Bonchev–Trinajstić information content (AvgIpc) is 3.03. The molecule has 0 unspecified atom stereocenters. The van der Waals surface area contributed by atoms with Crippen LogP contribution in [-0.4, -0.2) is 40.5 Å². The van der Waals surface area contributed by atoms with Crippen molar-refractivity contribution >= 4 is 33.2 Å². The van der Waals surface area contributed by atoms with Gasteiger partial charge in [0.2, 0.25) is 15.8 Å². The van der Waals surface area contributed by atoms with Crippen molar-refractivity contribution < 1.29 is 8.42 Å². The number of anilines is 1. The van der Waals surface area contributed by atoms with Gasteiger partial charge in [0.15, 0.2) is 5.65 Å². The molecule has 7 nitrogen and oxygen atoms in total. The fraction of sp³-hybridized carbons (Fsp3) is 0.353. The molecule has 2 heterocycles. The fourth-order valence-electron chi connectivity index (χ4n) is 2.59. The van der Waals surface area contributed by atoms with E-state index in [1.165, 1.54) is 0 Å². The minimum Gasteiger partial charge on any atom is -0.350 e. The summed E-state index contributed by atoms with van der Waals surface area (Å²) >= 11 is 1.66. The van der Waals surface area contributed by atoms with Gasteiger partial charge in [0.05, 0.1) is 6.20 Å². The van der Waals surface area contributed by atoms with Crippen LogP contribution < -0.4 is 5.32 Å². The largest absolute Gasteiger partial charge is 0.350 e. The third kappa shape index (κ3) is 3.68. The molecule has 0 bridgehead atoms. The summed E-state index contributed by atoms with van der Waals surface area (Å²) in [7, 11) is -3.54. The van der Waals surface area contributed by atoms with Crippen molar-refractivity contribution in [3.63, 3.8) is 0 Å². The quantitative estimate of drug-likeness (QED) is 0.646. The number of rotatable bonds is 6. The molecule has 0 saturated heterocycles. The lowest BCUT2D eigenvalue weighted by Gasteiger charge is -2.11. The zero-order valence-electron chi connectivity index (χ0n) is 15.1. The SMILES string of the molecule is CSc1ccccc1CNc1nc(S(C)(=O)=O)nc2c(C(C)C)cnn12. The number of thioether (sulfide) groups is 1. The van der Waals surface area contributed by atoms with E-state index >= 15 is 0 Å². The highest BCUT2D eigenvalue weighted by molar-refractivity contribution is 7.98. The van der Waals surface area contributed by atoms with Crippen molar-refractivity contribution in [1.82, 2.24) is 19.6 Å². The Bertz CT molecular complexity index is 1040. The van der Waals surface area contributed by atoms with E-state index in [1.807, 2.05) is 44.4 Å². The molecule has 0 saturated carbocycles. The molecule has 0 radical (unpaired) electrons. The molecule has 1 N–H and O–H groups in total. The van der Waals surface area contributed by atoms with E-state index in [1.54, 1.807) is 22.5 Å². The zero-order valence-corrected chi connectivity index (χ0v) is 16.7. The van der Waals surface area contributed by atoms with Crippen LogP contribution in [0.4, 0.5) is 5.95 Å². The fourth-order valence-corrected chi connectivity index (χ4v) is 3.71. The molecule has 9 heteroatoms. The maximum atomic E-state index is 12.0. The van der Waals surface area contributed by atoms with Crippen LogP contribution in [0, 0.1) is 0 Å². The van der Waals surface area contributed by atoms with Gasteiger partial charge in [-0.3, -0.25) is 0 Å². The van der Waals surface area contributed by atoms with Crippen LogP contribution in [0.25, 0.3) is 5.65 Å². The summed E-state index contributed by atoms with van der Waals surface area (Å²) in [5, 5.41) is 7.36. The van der Waals surface area contributed by atoms with Crippen LogP contribution in [0.3, 0.4) is 0 Å². The molecular formula is C17H21N5O2S2. The van der Waals surface area contributed by atoms with E-state index in [2.05, 4.69) is 20.4 Å². The van der Waals surface area contributed by atoms with Crippen LogP contribution >= 0.6 is 11.8 Å². The lowest BCUT2D eigenvalue weighted by Crippen LogP contribution is -2.14. The number of nitrogens with one attached hydrogen (secondary N) is 1. The molecule has 2 aromatic heterocycles. The lowest BCUT2D eigenvalue weighted by molar-refractivity contribution is 0.592. The first kappa shape index (κ1) is 18.7. The molecule has 0 aliphatic heterocycles. The maximum absolute atomic E-state index is 12.0. The second-order valence-corrected chi connectivity index (χ2v) is 9.01. The van der Waals surface area contributed by atoms with E-state index in [0.29, 0.717) is 18.1 Å². The first-order valence-electron chi connectivity index (χ1n) is 8.12. The smallest absolute Gasteiger partial charge is 0.252 e. The molecule has 3 aromatic rings. The van der Waals surface area contributed by atoms with Gasteiger partial charge < -0.3 is 5.32 Å². The van der Waals surface area contributed by atoms with Gasteiger partial charge in [-0.25, -0.2) is 8.42 Å². The number of hydrogen-bond donors (Lipinski definition) is 1. The van der Waals surface area contributed by atoms with E-state index < -0.39 is 9.84 Å². The molecule has 0 atom stereocenters. The standard InChI is InChI=1S/C17H21N5O2S2/c1-11(2)13-10-19-22-15(13)20-17(26(4,23)24)21-16(22)18-9-12-7-5-6-8-14(12)25-3/h5-8,10-11H,9H2,1-4H3,(H,18,20,21). The summed E-state index contributed by atoms with van der Waals surface area (Å²) in [5.74, 6) is 0.526. The molecule has 0 fully saturated rings. The number of nitrogens with zero attached hydrogens (tertiary/aromatic N) is 4. The first-order chi connectivity index (χ1) is 12.3. The van der Waals surface area contributed by atoms with Crippen LogP contribution in [0.1, 0.15) is 30.9 Å². The summed E-state index contributed by atoms with van der Waals surface area (Å²) in [6.45, 7) is 4.53. The minimum absolute atomic E-state index is 0.167. The molecule has 0 aliphatic rings. The first-order valence-corrected chi connectivity index (χ1v) is 11.2. The second-order valence-electron chi connectivity index (χ2n) is 6.26. The highest BCUT2D eigenvalue weighted by Gasteiger charge is 2.19. The third-order valence-corrected chi connectivity index (χ3v) is 5.64. The number of aromatic nitrogens is 4. The van der Waals surface area contributed by atoms with Crippen molar-refractivity contribution in [1.29, 1.82) is 0 Å². The van der Waals surface area contributed by atoms with Crippen LogP contribution in [-0.2, 0) is 16.4 Å². The van der Waals surface area contributed by atoms with Gasteiger partial charge in [-0.15, -0.1) is 11.8 Å². The van der Waals surface area contributed by atoms with Gasteiger partial charge in [-0.05, 0) is 23.8 Å². The molecule has 26 heavy (non-hydrogen) atoms. The summed E-state index contributed by atoms with van der Waals surface area (Å²) in [6, 6.07) is 8.03. The Balaban J connectivity index is 2.06. The minimum atomic E-state index is -3.54. The predicted octanol–water partition coefficient (Wildman–Crippen LogP) is 2.99. The third-order valence-electron chi connectivity index (χ3n) is 3.96. The summed E-state index contributed by atoms with van der Waals surface area (Å²) in [6.07, 6.45) is 4.84. The van der Waals surface area contributed by atoms with Gasteiger partial charge in [-0.2, -0.15) is 19.6 Å². The number of fused-ring (bicyclic) bond motifs is 1. The Morgan fingerprint density at radius 2 is 1.96 bits per heavy atom. The molecule has 0 spiro atoms. The topological polar surface area (TPSA) is 89.2 Å². The number of benzene rings is 1. The summed E-state index contributed by atoms with van der Waals surface area (Å²) in [4.78, 5) is 9.58. The Kier molecular flexibility index (Phi) is 5.19. The van der Waals surface area contributed by atoms with Crippen molar-refractivity contribution in [3.05, 3.63) is 41.6 Å². The highest BCUT2D eigenvalue weighted by atomic mass is 32.2. The highest BCUT2D eigenvalue weighted by Crippen LogP contribution is 2.24. The normalized spacial score (nSPS) is 12.0. The van der Waals surface area contributed by atoms with Crippen molar-refractivity contribution in [2.24, 2.45) is 0 Å². The zero-order chi connectivity index (χ0) is 18.9. The summed E-state index contributed by atoms with van der Waals surface area (Å²) < 4.78 is 25.6. The Morgan fingerprint density at radius 1 is 1.23 bits per heavy atom. The Labute approximate surface area is 157 Å². The Hall–Kier alpha value is -2.13. The van der Waals surface area contributed by atoms with Crippen molar-refractivity contribution in [2.45, 2.75) is 36.4 Å². The van der Waals surface area contributed by atoms with E-state index in [9.17, 15) is 8.42 Å². The van der Waals surface area contributed by atoms with E-state index in [4.69, 9.17) is 0 Å². The average molecular weight is 392 g/mol. The van der Waals surface area contributed by atoms with E-state index in [-0.39, 0.29) is 11.1 Å². The van der Waals surface area contributed by atoms with Crippen LogP contribution in [0.5, 0.6) is 0 Å². The maximum Gasteiger partial charge on any atom is 0.252 e. The molecule has 1 aromatic carbocycles. The molecule has 0 amide bonds. The van der Waals surface area contributed by atoms with Crippen LogP contribution in [0.15, 0.2) is 40.5 Å². The molecule has 138 valence electrons. The Morgan fingerprint density at radius 3 is 2.62 bits per heavy atom. The second kappa shape index (κ2) is 7.24. The lowest BCUT2D eigenvalue weighted by atomic mass is 10.1.